The quantitative estimate of drug-likeness (QED) is 0.402. The minimum absolute atomic E-state index is 0.172. The molecule has 0 radical (unpaired) electrons. The van der Waals surface area contributed by atoms with E-state index in [-0.39, 0.29) is 36.3 Å². The van der Waals surface area contributed by atoms with Gasteiger partial charge in [0.2, 0.25) is 0 Å². The highest BCUT2D eigenvalue weighted by atomic mass is 19.1. The number of nitrogens with zero attached hydrogens (tertiary/aromatic N) is 3. The zero-order valence-electron chi connectivity index (χ0n) is 19.1. The van der Waals surface area contributed by atoms with Crippen molar-refractivity contribution in [3.05, 3.63) is 112 Å². The van der Waals surface area contributed by atoms with E-state index in [1.165, 1.54) is 23.1 Å². The molecule has 7 nitrogen and oxygen atoms in total. The maximum Gasteiger partial charge on any atom is 0.261 e. The Hall–Kier alpha value is -4.59. The van der Waals surface area contributed by atoms with Gasteiger partial charge in [0, 0.05) is 29.7 Å². The van der Waals surface area contributed by atoms with E-state index >= 15 is 0 Å². The number of halogens is 1. The Labute approximate surface area is 205 Å². The molecule has 6 rings (SSSR count). The smallest absolute Gasteiger partial charge is 0.261 e. The summed E-state index contributed by atoms with van der Waals surface area (Å²) in [5, 5.41) is 4.14. The number of rotatable bonds is 4. The molecule has 0 bridgehead atoms. The molecule has 2 aliphatic rings. The van der Waals surface area contributed by atoms with E-state index in [1.54, 1.807) is 29.2 Å². The maximum atomic E-state index is 13.4. The van der Waals surface area contributed by atoms with Gasteiger partial charge >= 0.3 is 0 Å². The SMILES string of the molecule is O=C(c1ccc2c(c1)C(=O)N(Cc1ccccc1)C2=O)N1CCc2noc(-c3ccc(F)cc3)c2C1. The van der Waals surface area contributed by atoms with Crippen LogP contribution < -0.4 is 0 Å². The molecule has 0 fully saturated rings. The van der Waals surface area contributed by atoms with E-state index in [0.29, 0.717) is 35.4 Å². The fourth-order valence-electron chi connectivity index (χ4n) is 4.73. The zero-order chi connectivity index (χ0) is 24.8. The maximum absolute atomic E-state index is 13.4. The van der Waals surface area contributed by atoms with Gasteiger partial charge in [-0.2, -0.15) is 0 Å². The fraction of sp³-hybridized carbons (Fsp3) is 0.143. The van der Waals surface area contributed by atoms with Gasteiger partial charge in [-0.15, -0.1) is 0 Å². The second kappa shape index (κ2) is 8.57. The molecule has 0 spiro atoms. The first-order valence-electron chi connectivity index (χ1n) is 11.6. The summed E-state index contributed by atoms with van der Waals surface area (Å²) in [6, 6.07) is 19.8. The molecule has 3 aromatic carbocycles. The minimum Gasteiger partial charge on any atom is -0.356 e. The molecule has 178 valence electrons. The summed E-state index contributed by atoms with van der Waals surface area (Å²) in [5.74, 6) is -0.873. The molecule has 2 aliphatic heterocycles. The molecule has 36 heavy (non-hydrogen) atoms. The Balaban J connectivity index is 1.24. The first kappa shape index (κ1) is 21.9. The third kappa shape index (κ3) is 3.67. The van der Waals surface area contributed by atoms with Crippen LogP contribution in [0, 0.1) is 5.82 Å². The van der Waals surface area contributed by atoms with Crippen LogP contribution in [0.1, 0.15) is 47.9 Å². The summed E-state index contributed by atoms with van der Waals surface area (Å²) < 4.78 is 18.9. The highest BCUT2D eigenvalue weighted by Crippen LogP contribution is 2.32. The number of hydrogen-bond donors (Lipinski definition) is 0. The van der Waals surface area contributed by atoms with Crippen molar-refractivity contribution in [1.82, 2.24) is 15.0 Å². The van der Waals surface area contributed by atoms with E-state index in [2.05, 4.69) is 5.16 Å². The van der Waals surface area contributed by atoms with E-state index in [4.69, 9.17) is 4.52 Å². The molecular weight excluding hydrogens is 461 g/mol. The molecule has 0 atom stereocenters. The number of imide groups is 1. The largest absolute Gasteiger partial charge is 0.356 e. The molecule has 0 N–H and O–H groups in total. The lowest BCUT2D eigenvalue weighted by atomic mass is 10.00. The van der Waals surface area contributed by atoms with Crippen LogP contribution in [0.5, 0.6) is 0 Å². The van der Waals surface area contributed by atoms with Crippen molar-refractivity contribution in [2.75, 3.05) is 6.54 Å². The number of carbonyl (C=O) groups excluding carboxylic acids is 3. The number of fused-ring (bicyclic) bond motifs is 2. The lowest BCUT2D eigenvalue weighted by Crippen LogP contribution is -2.36. The number of benzene rings is 3. The standard InChI is InChI=1S/C28H20FN3O4/c29-20-9-6-18(7-10-20)25-23-16-31(13-12-24(23)30-36-25)26(33)19-8-11-21-22(14-19)28(35)32(27(21)34)15-17-4-2-1-3-5-17/h1-11,14H,12-13,15-16H2. The fourth-order valence-corrected chi connectivity index (χ4v) is 4.73. The number of aromatic nitrogens is 1. The zero-order valence-corrected chi connectivity index (χ0v) is 19.1. The first-order chi connectivity index (χ1) is 17.5. The van der Waals surface area contributed by atoms with Crippen LogP contribution in [-0.2, 0) is 19.5 Å². The Kier molecular flexibility index (Phi) is 5.21. The van der Waals surface area contributed by atoms with E-state index < -0.39 is 5.91 Å². The summed E-state index contributed by atoms with van der Waals surface area (Å²) in [4.78, 5) is 42.2. The highest BCUT2D eigenvalue weighted by molar-refractivity contribution is 6.22. The summed E-state index contributed by atoms with van der Waals surface area (Å²) >= 11 is 0. The van der Waals surface area contributed by atoms with Gasteiger partial charge in [0.15, 0.2) is 5.76 Å². The molecule has 8 heteroatoms. The van der Waals surface area contributed by atoms with Gasteiger partial charge in [0.1, 0.15) is 5.82 Å². The van der Waals surface area contributed by atoms with Gasteiger partial charge in [-0.3, -0.25) is 19.3 Å². The topological polar surface area (TPSA) is 83.7 Å². The molecule has 4 aromatic rings. The Morgan fingerprint density at radius 1 is 0.944 bits per heavy atom. The normalized spacial score (nSPS) is 14.7. The number of hydrogen-bond acceptors (Lipinski definition) is 5. The van der Waals surface area contributed by atoms with Crippen molar-refractivity contribution in [2.24, 2.45) is 0 Å². The van der Waals surface area contributed by atoms with E-state index in [0.717, 1.165) is 16.8 Å². The minimum atomic E-state index is -0.410. The molecule has 0 saturated carbocycles. The lowest BCUT2D eigenvalue weighted by Gasteiger charge is -2.26. The first-order valence-corrected chi connectivity index (χ1v) is 11.6. The summed E-state index contributed by atoms with van der Waals surface area (Å²) in [5.41, 5.74) is 3.94. The highest BCUT2D eigenvalue weighted by Gasteiger charge is 2.36. The number of carbonyl (C=O) groups is 3. The van der Waals surface area contributed by atoms with Gasteiger partial charge in [0.25, 0.3) is 17.7 Å². The van der Waals surface area contributed by atoms with Crippen molar-refractivity contribution in [1.29, 1.82) is 0 Å². The van der Waals surface area contributed by atoms with Crippen molar-refractivity contribution in [2.45, 2.75) is 19.5 Å². The molecular formula is C28H20FN3O4. The van der Waals surface area contributed by atoms with Gasteiger partial charge < -0.3 is 9.42 Å². The number of amides is 3. The van der Waals surface area contributed by atoms with Crippen LogP contribution in [0.2, 0.25) is 0 Å². The van der Waals surface area contributed by atoms with Crippen LogP contribution >= 0.6 is 0 Å². The monoisotopic (exact) mass is 481 g/mol. The molecule has 3 amide bonds. The molecule has 0 unspecified atom stereocenters. The van der Waals surface area contributed by atoms with Crippen molar-refractivity contribution in [3.63, 3.8) is 0 Å². The van der Waals surface area contributed by atoms with Crippen LogP contribution in [0.4, 0.5) is 4.39 Å². The molecule has 0 aliphatic carbocycles. The summed E-state index contributed by atoms with van der Waals surface area (Å²) in [6.07, 6.45) is 0.513. The van der Waals surface area contributed by atoms with Crippen LogP contribution in [-0.4, -0.2) is 39.2 Å². The Morgan fingerprint density at radius 2 is 1.69 bits per heavy atom. The Bertz CT molecular complexity index is 1510. The van der Waals surface area contributed by atoms with Crippen LogP contribution in [0.25, 0.3) is 11.3 Å². The van der Waals surface area contributed by atoms with Crippen molar-refractivity contribution in [3.8, 4) is 11.3 Å². The average Bonchev–Trinajstić information content (AvgIpc) is 3.43. The molecule has 1 aromatic heterocycles. The van der Waals surface area contributed by atoms with Gasteiger partial charge in [-0.25, -0.2) is 4.39 Å². The second-order valence-corrected chi connectivity index (χ2v) is 8.86. The second-order valence-electron chi connectivity index (χ2n) is 8.86. The lowest BCUT2D eigenvalue weighted by molar-refractivity contribution is 0.0641. The third-order valence-electron chi connectivity index (χ3n) is 6.63. The van der Waals surface area contributed by atoms with Gasteiger partial charge in [-0.1, -0.05) is 35.5 Å². The van der Waals surface area contributed by atoms with Gasteiger partial charge in [-0.05, 0) is 48.0 Å². The van der Waals surface area contributed by atoms with Crippen molar-refractivity contribution >= 4 is 17.7 Å². The predicted octanol–water partition coefficient (Wildman–Crippen LogP) is 4.48. The van der Waals surface area contributed by atoms with E-state index in [9.17, 15) is 18.8 Å². The van der Waals surface area contributed by atoms with Crippen molar-refractivity contribution < 1.29 is 23.3 Å². The van der Waals surface area contributed by atoms with E-state index in [1.807, 2.05) is 30.3 Å². The summed E-state index contributed by atoms with van der Waals surface area (Å²) in [6.45, 7) is 0.880. The van der Waals surface area contributed by atoms with Gasteiger partial charge in [0.05, 0.1) is 29.9 Å². The molecule has 0 saturated heterocycles. The van der Waals surface area contributed by atoms with Crippen LogP contribution in [0.15, 0.2) is 77.3 Å². The molecule has 3 heterocycles. The average molecular weight is 481 g/mol. The Morgan fingerprint density at radius 3 is 2.47 bits per heavy atom. The van der Waals surface area contributed by atoms with Crippen LogP contribution in [0.3, 0.4) is 0 Å². The summed E-state index contributed by atoms with van der Waals surface area (Å²) in [7, 11) is 0. The third-order valence-corrected chi connectivity index (χ3v) is 6.63. The predicted molar refractivity (Wildman–Crippen MR) is 127 cm³/mol.